The summed E-state index contributed by atoms with van der Waals surface area (Å²) in [5.41, 5.74) is 5.55. The zero-order valence-corrected chi connectivity index (χ0v) is 22.7. The molecule has 0 saturated heterocycles. The molecule has 0 fully saturated rings. The van der Waals surface area contributed by atoms with Gasteiger partial charge < -0.3 is 9.57 Å². The van der Waals surface area contributed by atoms with Crippen LogP contribution in [0.25, 0.3) is 11.1 Å². The van der Waals surface area contributed by atoms with Crippen LogP contribution >= 0.6 is 0 Å². The van der Waals surface area contributed by atoms with Crippen molar-refractivity contribution in [1.82, 2.24) is 0 Å². The monoisotopic (exact) mass is 528 g/mol. The number of rotatable bonds is 10. The molecule has 0 bridgehead atoms. The number of nitrogens with zero attached hydrogens (tertiary/aromatic N) is 2. The highest BCUT2D eigenvalue weighted by atomic mass is 16.7. The van der Waals surface area contributed by atoms with Gasteiger partial charge in [-0.05, 0) is 59.4 Å². The van der Waals surface area contributed by atoms with Crippen LogP contribution in [0.1, 0.15) is 86.0 Å². The van der Waals surface area contributed by atoms with E-state index in [2.05, 4.69) is 19.0 Å². The van der Waals surface area contributed by atoms with Gasteiger partial charge in [-0.3, -0.25) is 10.1 Å². The molecule has 202 valence electrons. The van der Waals surface area contributed by atoms with E-state index in [0.29, 0.717) is 35.4 Å². The van der Waals surface area contributed by atoms with Gasteiger partial charge in [0.2, 0.25) is 0 Å². The summed E-state index contributed by atoms with van der Waals surface area (Å²) in [6.45, 7) is 8.12. The molecule has 1 atom stereocenters. The van der Waals surface area contributed by atoms with Crippen LogP contribution in [-0.2, 0) is 19.8 Å². The average Bonchev–Trinajstić information content (AvgIpc) is 3.19. The van der Waals surface area contributed by atoms with E-state index in [-0.39, 0.29) is 17.0 Å². The second-order valence-corrected chi connectivity index (χ2v) is 9.80. The summed E-state index contributed by atoms with van der Waals surface area (Å²) in [7, 11) is 0. The fourth-order valence-electron chi connectivity index (χ4n) is 5.14. The Kier molecular flexibility index (Phi) is 8.24. The molecule has 0 radical (unpaired) electrons. The number of nitro groups is 1. The fraction of sp³-hybridized carbons (Fsp3) is 0.323. The van der Waals surface area contributed by atoms with Crippen molar-refractivity contribution in [1.29, 1.82) is 0 Å². The van der Waals surface area contributed by atoms with Gasteiger partial charge in [0.15, 0.2) is 0 Å². The minimum Gasteiger partial charge on any atom is -0.462 e. The maximum atomic E-state index is 12.5. The lowest BCUT2D eigenvalue weighted by Crippen LogP contribution is -2.21. The Morgan fingerprint density at radius 2 is 1.56 bits per heavy atom. The number of oxime groups is 1. The molecule has 3 aromatic rings. The van der Waals surface area contributed by atoms with Crippen LogP contribution < -0.4 is 0 Å². The van der Waals surface area contributed by atoms with Gasteiger partial charge in [-0.15, -0.1) is 0 Å². The molecule has 0 heterocycles. The smallest absolute Gasteiger partial charge is 0.338 e. The zero-order chi connectivity index (χ0) is 28.2. The Morgan fingerprint density at radius 1 is 0.897 bits per heavy atom. The van der Waals surface area contributed by atoms with Crippen LogP contribution in [0.2, 0.25) is 0 Å². The van der Waals surface area contributed by atoms with E-state index in [1.165, 1.54) is 6.07 Å². The second-order valence-electron chi connectivity index (χ2n) is 9.80. The Balaban J connectivity index is 1.85. The third-order valence-electron chi connectivity index (χ3n) is 7.07. The predicted molar refractivity (Wildman–Crippen MR) is 149 cm³/mol. The molecule has 8 nitrogen and oxygen atoms in total. The average molecular weight is 529 g/mol. The van der Waals surface area contributed by atoms with Gasteiger partial charge in [0.05, 0.1) is 17.1 Å². The lowest BCUT2D eigenvalue weighted by atomic mass is 9.76. The van der Waals surface area contributed by atoms with Gasteiger partial charge in [-0.2, -0.15) is 0 Å². The summed E-state index contributed by atoms with van der Waals surface area (Å²) >= 11 is 0. The van der Waals surface area contributed by atoms with Crippen molar-refractivity contribution in [3.8, 4) is 11.1 Å². The van der Waals surface area contributed by atoms with Gasteiger partial charge in [-0.25, -0.2) is 9.59 Å². The maximum absolute atomic E-state index is 12.5. The van der Waals surface area contributed by atoms with E-state index in [1.807, 2.05) is 31.2 Å². The summed E-state index contributed by atoms with van der Waals surface area (Å²) in [6.07, 6.45) is 2.53. The first-order valence-electron chi connectivity index (χ1n) is 13.2. The van der Waals surface area contributed by atoms with Gasteiger partial charge in [-0.1, -0.05) is 63.5 Å². The van der Waals surface area contributed by atoms with Crippen molar-refractivity contribution in [2.24, 2.45) is 5.16 Å². The summed E-state index contributed by atoms with van der Waals surface area (Å²) in [4.78, 5) is 41.0. The number of benzene rings is 3. The number of esters is 1. The molecular weight excluding hydrogens is 496 g/mol. The molecule has 3 aromatic carbocycles. The first-order valence-corrected chi connectivity index (χ1v) is 13.2. The molecule has 1 aliphatic rings. The van der Waals surface area contributed by atoms with Crippen molar-refractivity contribution < 1.29 is 24.1 Å². The first-order chi connectivity index (χ1) is 18.7. The molecule has 39 heavy (non-hydrogen) atoms. The predicted octanol–water partition coefficient (Wildman–Crippen LogP) is 6.95. The summed E-state index contributed by atoms with van der Waals surface area (Å²) < 4.78 is 5.30. The van der Waals surface area contributed by atoms with Crippen molar-refractivity contribution in [2.45, 2.75) is 58.8 Å². The highest BCUT2D eigenvalue weighted by Gasteiger charge is 2.40. The number of carbonyl (C=O) groups is 2. The second kappa shape index (κ2) is 11.6. The molecule has 1 aliphatic carbocycles. The molecule has 0 aliphatic heterocycles. The van der Waals surface area contributed by atoms with E-state index in [4.69, 9.17) is 9.57 Å². The lowest BCUT2D eigenvalue weighted by molar-refractivity contribution is -0.384. The van der Waals surface area contributed by atoms with Crippen molar-refractivity contribution >= 4 is 23.3 Å². The number of carbonyl (C=O) groups excluding carboxylic acids is 2. The summed E-state index contributed by atoms with van der Waals surface area (Å²) in [6, 6.07) is 17.8. The molecule has 0 saturated carbocycles. The minimum absolute atomic E-state index is 0.0598. The van der Waals surface area contributed by atoms with Crippen molar-refractivity contribution in [3.63, 3.8) is 0 Å². The standard InChI is InChI=1S/C31H32N2O6/c1-5-15-31(4)26-18-21(11-13-24(26)25-14-12-23(33(36)37)19-27(25)31)29(32-39-28(34)7-3)20-9-8-10-22(17-20)30(35)38-16-6-2/h8-14,17-19H,5-7,15-16H2,1-4H3/b32-29-. The van der Waals surface area contributed by atoms with Crippen LogP contribution in [0.4, 0.5) is 5.69 Å². The molecule has 4 rings (SSSR count). The van der Waals surface area contributed by atoms with E-state index in [0.717, 1.165) is 35.1 Å². The molecular formula is C31H32N2O6. The van der Waals surface area contributed by atoms with Crippen LogP contribution in [-0.4, -0.2) is 29.2 Å². The van der Waals surface area contributed by atoms with E-state index >= 15 is 0 Å². The van der Waals surface area contributed by atoms with Crippen LogP contribution in [0.3, 0.4) is 0 Å². The molecule has 0 amide bonds. The third kappa shape index (κ3) is 5.46. The number of non-ortho nitro benzene ring substituents is 1. The molecule has 0 spiro atoms. The van der Waals surface area contributed by atoms with Crippen molar-refractivity contribution in [3.05, 3.63) is 98.6 Å². The molecule has 8 heteroatoms. The number of fused-ring (bicyclic) bond motifs is 3. The SMILES string of the molecule is CCCOC(=O)c1cccc(/C(=N/OC(=O)CC)c2ccc3c(c2)C(C)(CCC)c2cc([N+](=O)[O-])ccc2-3)c1. The Morgan fingerprint density at radius 3 is 2.23 bits per heavy atom. The van der Waals surface area contributed by atoms with Gasteiger partial charge in [0, 0.05) is 35.1 Å². The van der Waals surface area contributed by atoms with Gasteiger partial charge in [0.25, 0.3) is 5.69 Å². The van der Waals surface area contributed by atoms with Crippen LogP contribution in [0, 0.1) is 10.1 Å². The summed E-state index contributed by atoms with van der Waals surface area (Å²) in [5.74, 6) is -0.923. The van der Waals surface area contributed by atoms with Crippen LogP contribution in [0.15, 0.2) is 65.8 Å². The maximum Gasteiger partial charge on any atom is 0.338 e. The number of ether oxygens (including phenoxy) is 1. The summed E-state index contributed by atoms with van der Waals surface area (Å²) in [5, 5.41) is 15.8. The molecule has 0 aromatic heterocycles. The zero-order valence-electron chi connectivity index (χ0n) is 22.7. The Bertz CT molecular complexity index is 1460. The first kappa shape index (κ1) is 27.7. The van der Waals surface area contributed by atoms with Crippen molar-refractivity contribution in [2.75, 3.05) is 6.61 Å². The highest BCUT2D eigenvalue weighted by molar-refractivity contribution is 6.14. The van der Waals surface area contributed by atoms with Gasteiger partial charge >= 0.3 is 11.9 Å². The largest absolute Gasteiger partial charge is 0.462 e. The molecule has 0 N–H and O–H groups in total. The van der Waals surface area contributed by atoms with E-state index in [1.54, 1.807) is 37.3 Å². The van der Waals surface area contributed by atoms with E-state index < -0.39 is 17.4 Å². The number of hydrogen-bond donors (Lipinski definition) is 0. The number of nitro benzene ring substituents is 1. The molecule has 1 unspecified atom stereocenters. The van der Waals surface area contributed by atoms with E-state index in [9.17, 15) is 19.7 Å². The quantitative estimate of drug-likeness (QED) is 0.0926. The minimum atomic E-state index is -0.484. The Hall–Kier alpha value is -4.33. The Labute approximate surface area is 227 Å². The normalized spacial score (nSPS) is 15.8. The van der Waals surface area contributed by atoms with Gasteiger partial charge in [0.1, 0.15) is 5.71 Å². The topological polar surface area (TPSA) is 108 Å². The fourth-order valence-corrected chi connectivity index (χ4v) is 5.14. The third-order valence-corrected chi connectivity index (χ3v) is 7.07. The number of hydrogen-bond acceptors (Lipinski definition) is 7. The lowest BCUT2D eigenvalue weighted by Gasteiger charge is -2.27. The highest BCUT2D eigenvalue weighted by Crippen LogP contribution is 2.52. The van der Waals surface area contributed by atoms with Crippen LogP contribution in [0.5, 0.6) is 0 Å².